The molecule has 44 heavy (non-hydrogen) atoms. The summed E-state index contributed by atoms with van der Waals surface area (Å²) in [5.41, 5.74) is 8.71. The molecule has 3 atom stereocenters. The molecule has 5 aromatic rings. The molecule has 0 unspecified atom stereocenters. The lowest BCUT2D eigenvalue weighted by Gasteiger charge is -2.38. The Morgan fingerprint density at radius 2 is 1.77 bits per heavy atom. The first kappa shape index (κ1) is 28.1. The number of phenols is 2. The van der Waals surface area contributed by atoms with Gasteiger partial charge in [0.2, 0.25) is 0 Å². The van der Waals surface area contributed by atoms with Crippen LogP contribution in [0.15, 0.2) is 72.9 Å². The van der Waals surface area contributed by atoms with Gasteiger partial charge in [-0.05, 0) is 101 Å². The molecule has 0 saturated heterocycles. The first-order valence-corrected chi connectivity index (χ1v) is 14.9. The number of hydrogen-bond donors (Lipinski definition) is 4. The summed E-state index contributed by atoms with van der Waals surface area (Å²) in [6.07, 6.45) is 3.45. The molecule has 226 valence electrons. The van der Waals surface area contributed by atoms with Crippen LogP contribution in [0.25, 0.3) is 22.0 Å². The number of aromatic nitrogens is 1. The van der Waals surface area contributed by atoms with Gasteiger partial charge in [0.05, 0.1) is 21.0 Å². The minimum absolute atomic E-state index is 0.0716. The van der Waals surface area contributed by atoms with Crippen LogP contribution in [0.1, 0.15) is 39.8 Å². The third kappa shape index (κ3) is 4.90. The lowest BCUT2D eigenvalue weighted by Crippen LogP contribution is -2.36. The second-order valence-corrected chi connectivity index (χ2v) is 11.6. The zero-order valence-corrected chi connectivity index (χ0v) is 25.0. The maximum atomic E-state index is 10.6. The summed E-state index contributed by atoms with van der Waals surface area (Å²) in [7, 11) is 5.07. The van der Waals surface area contributed by atoms with Crippen LogP contribution >= 0.6 is 0 Å². The van der Waals surface area contributed by atoms with Gasteiger partial charge in [-0.15, -0.1) is 0 Å². The first-order valence-electron chi connectivity index (χ1n) is 14.9. The quantitative estimate of drug-likeness (QED) is 0.155. The topological polar surface area (TPSA) is 105 Å². The van der Waals surface area contributed by atoms with Gasteiger partial charge in [-0.2, -0.15) is 0 Å². The van der Waals surface area contributed by atoms with Gasteiger partial charge in [-0.1, -0.05) is 18.2 Å². The number of hydrogen-bond acceptors (Lipinski definition) is 7. The van der Waals surface area contributed by atoms with Crippen LogP contribution in [-0.4, -0.2) is 49.3 Å². The van der Waals surface area contributed by atoms with Crippen molar-refractivity contribution in [1.29, 1.82) is 0 Å². The van der Waals surface area contributed by atoms with Crippen LogP contribution in [0.3, 0.4) is 0 Å². The number of phenolic OH excluding ortho intramolecular Hbond substituents is 2. The van der Waals surface area contributed by atoms with Crippen LogP contribution < -0.4 is 19.5 Å². The molecule has 0 radical (unpaired) electrons. The van der Waals surface area contributed by atoms with Gasteiger partial charge in [-0.3, -0.25) is 5.32 Å². The van der Waals surface area contributed by atoms with Crippen molar-refractivity contribution in [2.45, 2.75) is 37.4 Å². The van der Waals surface area contributed by atoms with Crippen LogP contribution in [0.4, 0.5) is 0 Å². The van der Waals surface area contributed by atoms with Crippen molar-refractivity contribution < 1.29 is 29.2 Å². The van der Waals surface area contributed by atoms with Crippen molar-refractivity contribution in [3.63, 3.8) is 0 Å². The molecular weight excluding hydrogens is 556 g/mol. The van der Waals surface area contributed by atoms with Crippen molar-refractivity contribution in [1.82, 2.24) is 10.3 Å². The van der Waals surface area contributed by atoms with E-state index < -0.39 is 6.10 Å². The average molecular weight is 593 g/mol. The highest BCUT2D eigenvalue weighted by Gasteiger charge is 2.38. The predicted molar refractivity (Wildman–Crippen MR) is 169 cm³/mol. The van der Waals surface area contributed by atoms with Gasteiger partial charge in [-0.25, -0.2) is 0 Å². The standard InChI is InChI=1S/C36H36N2O6/c1-37-19-43-34-17-27-28-14-23(13-20-4-8-29-21(12-20)10-11-38-29)26-16-24(39)6-7-25(26)35(28)33(42-3)18-31(27)44-36(34)22-5-9-30(40)32(15-22)41-2/h4-12,15-16,18,23,34,36-40H,13-14,17,19H2,1-3H3/t23-,34-,36-/m1/s1. The molecule has 0 amide bonds. The van der Waals surface area contributed by atoms with Gasteiger partial charge in [0.1, 0.15) is 23.4 Å². The van der Waals surface area contributed by atoms with Crippen molar-refractivity contribution in [2.75, 3.05) is 28.0 Å². The minimum Gasteiger partial charge on any atom is -0.508 e. The molecule has 4 aromatic carbocycles. The Hall–Kier alpha value is -4.66. The average Bonchev–Trinajstić information content (AvgIpc) is 3.51. The molecule has 1 aliphatic heterocycles. The van der Waals surface area contributed by atoms with Crippen LogP contribution in [0.2, 0.25) is 0 Å². The minimum atomic E-state index is -0.426. The zero-order valence-electron chi connectivity index (χ0n) is 25.0. The van der Waals surface area contributed by atoms with Crippen LogP contribution in [0.5, 0.6) is 28.7 Å². The van der Waals surface area contributed by atoms with Gasteiger partial charge in [0.15, 0.2) is 17.6 Å². The van der Waals surface area contributed by atoms with E-state index in [1.54, 1.807) is 25.3 Å². The largest absolute Gasteiger partial charge is 0.508 e. The second kappa shape index (κ2) is 11.4. The third-order valence-corrected chi connectivity index (χ3v) is 8.96. The van der Waals surface area contributed by atoms with Crippen molar-refractivity contribution in [2.24, 2.45) is 0 Å². The predicted octanol–water partition coefficient (Wildman–Crippen LogP) is 6.38. The molecule has 2 heterocycles. The third-order valence-electron chi connectivity index (χ3n) is 8.96. The Morgan fingerprint density at radius 1 is 0.909 bits per heavy atom. The molecule has 0 bridgehead atoms. The van der Waals surface area contributed by atoms with E-state index >= 15 is 0 Å². The van der Waals surface area contributed by atoms with E-state index in [9.17, 15) is 10.2 Å². The molecule has 8 heteroatoms. The zero-order chi connectivity index (χ0) is 30.4. The van der Waals surface area contributed by atoms with E-state index in [0.717, 1.165) is 57.7 Å². The fourth-order valence-electron chi connectivity index (χ4n) is 6.92. The summed E-state index contributed by atoms with van der Waals surface area (Å²) in [5.74, 6) is 2.33. The maximum Gasteiger partial charge on any atom is 0.160 e. The van der Waals surface area contributed by atoms with Crippen LogP contribution in [0, 0.1) is 0 Å². The Kier molecular flexibility index (Phi) is 7.32. The van der Waals surface area contributed by atoms with E-state index in [2.05, 4.69) is 34.6 Å². The smallest absolute Gasteiger partial charge is 0.160 e. The number of fused-ring (bicyclic) bond motifs is 6. The SMILES string of the molecule is CNCO[C@@H]1Cc2c(cc(OC)c3c2C[C@@H](Cc2ccc4[nH]ccc4c2)c2cc(O)ccc2-3)O[C@@H]1c1ccc(O)c(OC)c1. The first-order chi connectivity index (χ1) is 21.5. The number of ether oxygens (including phenoxy) is 4. The number of benzene rings is 4. The van der Waals surface area contributed by atoms with E-state index in [-0.39, 0.29) is 23.5 Å². The van der Waals surface area contributed by atoms with Crippen LogP contribution in [-0.2, 0) is 24.0 Å². The second-order valence-electron chi connectivity index (χ2n) is 11.6. The molecule has 0 saturated carbocycles. The summed E-state index contributed by atoms with van der Waals surface area (Å²) in [6.45, 7) is 0.361. The number of aromatic amines is 1. The van der Waals surface area contributed by atoms with Crippen molar-refractivity contribution in [3.05, 3.63) is 101 Å². The maximum absolute atomic E-state index is 10.6. The number of rotatable bonds is 8. The fraction of sp³-hybridized carbons (Fsp3) is 0.278. The molecule has 2 aliphatic rings. The Balaban J connectivity index is 1.34. The fourth-order valence-corrected chi connectivity index (χ4v) is 6.92. The molecule has 0 fully saturated rings. The number of H-pyrrole nitrogens is 1. The van der Waals surface area contributed by atoms with E-state index in [1.807, 2.05) is 37.5 Å². The highest BCUT2D eigenvalue weighted by Crippen LogP contribution is 2.52. The number of aromatic hydroxyl groups is 2. The molecule has 8 nitrogen and oxygen atoms in total. The highest BCUT2D eigenvalue weighted by atomic mass is 16.6. The molecule has 7 rings (SSSR count). The van der Waals surface area contributed by atoms with Gasteiger partial charge >= 0.3 is 0 Å². The molecule has 4 N–H and O–H groups in total. The van der Waals surface area contributed by atoms with Gasteiger partial charge in [0.25, 0.3) is 0 Å². The molecule has 1 aliphatic carbocycles. The number of methoxy groups -OCH3 is 2. The monoisotopic (exact) mass is 592 g/mol. The lowest BCUT2D eigenvalue weighted by atomic mass is 9.73. The highest BCUT2D eigenvalue weighted by molar-refractivity contribution is 5.83. The van der Waals surface area contributed by atoms with Crippen molar-refractivity contribution >= 4 is 10.9 Å². The van der Waals surface area contributed by atoms with E-state index in [1.165, 1.54) is 23.6 Å². The van der Waals surface area contributed by atoms with Crippen molar-refractivity contribution in [3.8, 4) is 39.9 Å². The van der Waals surface area contributed by atoms with Gasteiger partial charge in [0, 0.05) is 35.3 Å². The molecular formula is C36H36N2O6. The summed E-state index contributed by atoms with van der Waals surface area (Å²) in [5, 5.41) is 25.1. The normalized spacial score (nSPS) is 18.7. The molecule has 0 spiro atoms. The van der Waals surface area contributed by atoms with E-state index in [0.29, 0.717) is 18.9 Å². The number of nitrogens with one attached hydrogen (secondary N) is 2. The summed E-state index contributed by atoms with van der Waals surface area (Å²) >= 11 is 0. The Morgan fingerprint density at radius 3 is 2.59 bits per heavy atom. The summed E-state index contributed by atoms with van der Waals surface area (Å²) in [4.78, 5) is 3.28. The molecule has 1 aromatic heterocycles. The Labute approximate surface area is 256 Å². The lowest BCUT2D eigenvalue weighted by molar-refractivity contribution is -0.0428. The van der Waals surface area contributed by atoms with Gasteiger partial charge < -0.3 is 34.1 Å². The van der Waals surface area contributed by atoms with E-state index in [4.69, 9.17) is 18.9 Å². The summed E-state index contributed by atoms with van der Waals surface area (Å²) in [6, 6.07) is 21.6. The Bertz CT molecular complexity index is 1850. The summed E-state index contributed by atoms with van der Waals surface area (Å²) < 4.78 is 24.5.